The lowest BCUT2D eigenvalue weighted by Gasteiger charge is -1.99. The number of nitrogens with zero attached hydrogens (tertiary/aromatic N) is 3. The normalized spacial score (nSPS) is 10.3. The van der Waals surface area contributed by atoms with E-state index in [1.54, 1.807) is 0 Å². The molecule has 6 nitrogen and oxygen atoms in total. The summed E-state index contributed by atoms with van der Waals surface area (Å²) >= 11 is 0. The van der Waals surface area contributed by atoms with Crippen LogP contribution in [-0.2, 0) is 0 Å². The van der Waals surface area contributed by atoms with Gasteiger partial charge < -0.3 is 5.73 Å². The van der Waals surface area contributed by atoms with Gasteiger partial charge in [0.15, 0.2) is 0 Å². The highest BCUT2D eigenvalue weighted by Crippen LogP contribution is 2.23. The fourth-order valence-electron chi connectivity index (χ4n) is 1.19. The van der Waals surface area contributed by atoms with Gasteiger partial charge in [-0.15, -0.1) is 0 Å². The van der Waals surface area contributed by atoms with Gasteiger partial charge in [-0.2, -0.15) is 0 Å². The average molecular weight is 190 g/mol. The molecule has 14 heavy (non-hydrogen) atoms. The second-order valence-electron chi connectivity index (χ2n) is 2.72. The summed E-state index contributed by atoms with van der Waals surface area (Å²) in [7, 11) is 0. The maximum Gasteiger partial charge on any atom is 0.273 e. The zero-order chi connectivity index (χ0) is 10.1. The van der Waals surface area contributed by atoms with Crippen molar-refractivity contribution in [3.63, 3.8) is 0 Å². The molecule has 0 saturated carbocycles. The highest BCUT2D eigenvalue weighted by molar-refractivity contribution is 5.88. The van der Waals surface area contributed by atoms with Crippen LogP contribution < -0.4 is 5.73 Å². The van der Waals surface area contributed by atoms with Crippen molar-refractivity contribution in [1.29, 1.82) is 0 Å². The number of nitro benzene ring substituents is 1. The predicted molar refractivity (Wildman–Crippen MR) is 50.6 cm³/mol. The van der Waals surface area contributed by atoms with Crippen molar-refractivity contribution < 1.29 is 4.92 Å². The Morgan fingerprint density at radius 1 is 1.29 bits per heavy atom. The molecule has 0 bridgehead atoms. The molecule has 0 aliphatic carbocycles. The van der Waals surface area contributed by atoms with E-state index in [0.29, 0.717) is 11.0 Å². The minimum Gasteiger partial charge on any atom is -0.397 e. The number of anilines is 1. The maximum atomic E-state index is 10.5. The van der Waals surface area contributed by atoms with E-state index in [1.807, 2.05) is 0 Å². The monoisotopic (exact) mass is 190 g/mol. The SMILES string of the molecule is Nc1cc([N+](=O)[O-])cc2nccnc12. The summed E-state index contributed by atoms with van der Waals surface area (Å²) < 4.78 is 0. The summed E-state index contributed by atoms with van der Waals surface area (Å²) in [6, 6.07) is 2.62. The third kappa shape index (κ3) is 1.22. The van der Waals surface area contributed by atoms with Crippen LogP contribution in [0.15, 0.2) is 24.5 Å². The van der Waals surface area contributed by atoms with E-state index in [2.05, 4.69) is 9.97 Å². The van der Waals surface area contributed by atoms with Crippen molar-refractivity contribution in [2.75, 3.05) is 5.73 Å². The van der Waals surface area contributed by atoms with Gasteiger partial charge in [-0.3, -0.25) is 20.1 Å². The summed E-state index contributed by atoms with van der Waals surface area (Å²) in [5.41, 5.74) is 6.69. The van der Waals surface area contributed by atoms with Crippen molar-refractivity contribution >= 4 is 22.4 Å². The van der Waals surface area contributed by atoms with E-state index < -0.39 is 4.92 Å². The lowest BCUT2D eigenvalue weighted by atomic mass is 10.2. The number of nitrogens with two attached hydrogens (primary N) is 1. The summed E-state index contributed by atoms with van der Waals surface area (Å²) in [6.45, 7) is 0. The van der Waals surface area contributed by atoms with Crippen LogP contribution in [0.4, 0.5) is 11.4 Å². The molecular formula is C8H6N4O2. The quantitative estimate of drug-likeness (QED) is 0.413. The first-order valence-electron chi connectivity index (χ1n) is 3.83. The topological polar surface area (TPSA) is 94.9 Å². The van der Waals surface area contributed by atoms with Crippen LogP contribution in [0.25, 0.3) is 11.0 Å². The third-order valence-corrected chi connectivity index (χ3v) is 1.80. The van der Waals surface area contributed by atoms with Crippen molar-refractivity contribution in [1.82, 2.24) is 9.97 Å². The average Bonchev–Trinajstić information content (AvgIpc) is 2.17. The third-order valence-electron chi connectivity index (χ3n) is 1.80. The Bertz CT molecular complexity index is 512. The van der Waals surface area contributed by atoms with E-state index in [9.17, 15) is 10.1 Å². The van der Waals surface area contributed by atoms with Gasteiger partial charge in [0.1, 0.15) is 5.52 Å². The Balaban J connectivity index is 2.78. The van der Waals surface area contributed by atoms with Gasteiger partial charge in [0, 0.05) is 24.5 Å². The van der Waals surface area contributed by atoms with Crippen molar-refractivity contribution in [3.05, 3.63) is 34.6 Å². The number of aromatic nitrogens is 2. The smallest absolute Gasteiger partial charge is 0.273 e. The molecule has 1 aromatic carbocycles. The predicted octanol–water partition coefficient (Wildman–Crippen LogP) is 1.12. The lowest BCUT2D eigenvalue weighted by molar-refractivity contribution is -0.384. The van der Waals surface area contributed by atoms with Crippen LogP contribution in [0.3, 0.4) is 0 Å². The Hall–Kier alpha value is -2.24. The standard InChI is InChI=1S/C8H6N4O2/c9-6-3-5(12(13)14)4-7-8(6)11-2-1-10-7/h1-4H,9H2. The van der Waals surface area contributed by atoms with Gasteiger partial charge >= 0.3 is 0 Å². The van der Waals surface area contributed by atoms with E-state index in [1.165, 1.54) is 24.5 Å². The second kappa shape index (κ2) is 2.91. The van der Waals surface area contributed by atoms with Gasteiger partial charge in [-0.1, -0.05) is 0 Å². The molecule has 0 unspecified atom stereocenters. The number of hydrogen-bond acceptors (Lipinski definition) is 5. The molecule has 1 heterocycles. The van der Waals surface area contributed by atoms with Crippen LogP contribution in [0.1, 0.15) is 0 Å². The number of hydrogen-bond donors (Lipinski definition) is 1. The van der Waals surface area contributed by atoms with Gasteiger partial charge in [-0.05, 0) is 0 Å². The Morgan fingerprint density at radius 3 is 2.71 bits per heavy atom. The number of non-ortho nitro benzene ring substituents is 1. The largest absolute Gasteiger partial charge is 0.397 e. The van der Waals surface area contributed by atoms with Crippen LogP contribution in [-0.4, -0.2) is 14.9 Å². The second-order valence-corrected chi connectivity index (χ2v) is 2.72. The van der Waals surface area contributed by atoms with E-state index >= 15 is 0 Å². The highest BCUT2D eigenvalue weighted by Gasteiger charge is 2.10. The molecule has 2 aromatic rings. The molecule has 0 fully saturated rings. The van der Waals surface area contributed by atoms with Crippen molar-refractivity contribution in [2.24, 2.45) is 0 Å². The van der Waals surface area contributed by atoms with Gasteiger partial charge in [0.25, 0.3) is 5.69 Å². The van der Waals surface area contributed by atoms with Crippen LogP contribution in [0, 0.1) is 10.1 Å². The molecule has 0 saturated heterocycles. The number of rotatable bonds is 1. The Labute approximate surface area is 78.5 Å². The Morgan fingerprint density at radius 2 is 2.00 bits per heavy atom. The summed E-state index contributed by atoms with van der Waals surface area (Å²) in [5, 5.41) is 10.5. The van der Waals surface area contributed by atoms with Gasteiger partial charge in [-0.25, -0.2) is 0 Å². The number of benzene rings is 1. The molecule has 1 aromatic heterocycles. The molecule has 0 aliphatic heterocycles. The molecule has 70 valence electrons. The number of fused-ring (bicyclic) bond motifs is 1. The van der Waals surface area contributed by atoms with Crippen LogP contribution >= 0.6 is 0 Å². The molecule has 6 heteroatoms. The minimum absolute atomic E-state index is 0.0736. The molecule has 2 rings (SSSR count). The summed E-state index contributed by atoms with van der Waals surface area (Å²) in [4.78, 5) is 17.9. The first-order valence-corrected chi connectivity index (χ1v) is 3.83. The van der Waals surface area contributed by atoms with Gasteiger partial charge in [0.2, 0.25) is 0 Å². The number of nitrogen functional groups attached to an aromatic ring is 1. The van der Waals surface area contributed by atoms with Crippen LogP contribution in [0.5, 0.6) is 0 Å². The molecule has 0 radical (unpaired) electrons. The molecular weight excluding hydrogens is 184 g/mol. The molecule has 0 amide bonds. The first-order chi connectivity index (χ1) is 6.68. The summed E-state index contributed by atoms with van der Waals surface area (Å²) in [6.07, 6.45) is 2.95. The van der Waals surface area contributed by atoms with Crippen molar-refractivity contribution in [3.8, 4) is 0 Å². The maximum absolute atomic E-state index is 10.5. The van der Waals surface area contributed by atoms with Crippen molar-refractivity contribution in [2.45, 2.75) is 0 Å². The van der Waals surface area contributed by atoms with E-state index in [0.717, 1.165) is 0 Å². The fraction of sp³-hybridized carbons (Fsp3) is 0. The van der Waals surface area contributed by atoms with E-state index in [-0.39, 0.29) is 11.4 Å². The molecule has 0 spiro atoms. The molecule has 2 N–H and O–H groups in total. The molecule has 0 atom stereocenters. The fourth-order valence-corrected chi connectivity index (χ4v) is 1.19. The summed E-state index contributed by atoms with van der Waals surface area (Å²) in [5.74, 6) is 0. The lowest BCUT2D eigenvalue weighted by Crippen LogP contribution is -1.95. The number of nitro groups is 1. The van der Waals surface area contributed by atoms with Gasteiger partial charge in [0.05, 0.1) is 16.1 Å². The zero-order valence-electron chi connectivity index (χ0n) is 7.04. The minimum atomic E-state index is -0.509. The molecule has 0 aliphatic rings. The first kappa shape index (κ1) is 8.36. The Kier molecular flexibility index (Phi) is 1.74. The highest BCUT2D eigenvalue weighted by atomic mass is 16.6. The van der Waals surface area contributed by atoms with E-state index in [4.69, 9.17) is 5.73 Å². The van der Waals surface area contributed by atoms with Crippen LogP contribution in [0.2, 0.25) is 0 Å². The zero-order valence-corrected chi connectivity index (χ0v) is 7.04.